The fourth-order valence-electron chi connectivity index (χ4n) is 1.40. The first-order valence-corrected chi connectivity index (χ1v) is 7.12. The number of halogens is 2. The van der Waals surface area contributed by atoms with Gasteiger partial charge in [-0.3, -0.25) is 4.79 Å². The molecule has 0 bridgehead atoms. The molecule has 1 aromatic heterocycles. The van der Waals surface area contributed by atoms with Crippen LogP contribution < -0.4 is 10.6 Å². The first-order valence-electron chi connectivity index (χ1n) is 5.48. The summed E-state index contributed by atoms with van der Waals surface area (Å²) in [7, 11) is 0. The predicted molar refractivity (Wildman–Crippen MR) is 80.3 cm³/mol. The molecule has 1 amide bonds. The molecule has 19 heavy (non-hydrogen) atoms. The Morgan fingerprint density at radius 3 is 2.84 bits per heavy atom. The predicted octanol–water partition coefficient (Wildman–Crippen LogP) is 3.89. The van der Waals surface area contributed by atoms with Gasteiger partial charge >= 0.3 is 0 Å². The maximum Gasteiger partial charge on any atom is 0.248 e. The van der Waals surface area contributed by atoms with Crippen molar-refractivity contribution in [3.63, 3.8) is 0 Å². The van der Waals surface area contributed by atoms with Crippen LogP contribution in [0.15, 0.2) is 29.8 Å². The Balaban J connectivity index is 2.00. The van der Waals surface area contributed by atoms with E-state index in [4.69, 9.17) is 23.2 Å². The lowest BCUT2D eigenvalue weighted by Gasteiger charge is -2.15. The van der Waals surface area contributed by atoms with Gasteiger partial charge in [-0.25, -0.2) is 4.98 Å². The molecule has 0 radical (unpaired) electrons. The van der Waals surface area contributed by atoms with Crippen LogP contribution in [0.25, 0.3) is 0 Å². The van der Waals surface area contributed by atoms with E-state index in [0.717, 1.165) is 0 Å². The Morgan fingerprint density at radius 2 is 2.21 bits per heavy atom. The maximum absolute atomic E-state index is 11.9. The molecular formula is C12H11Cl2N3OS. The highest BCUT2D eigenvalue weighted by molar-refractivity contribution is 7.13. The Bertz CT molecular complexity index is 574. The molecule has 0 fully saturated rings. The fourth-order valence-corrected chi connectivity index (χ4v) is 2.40. The van der Waals surface area contributed by atoms with Crippen LogP contribution in [0, 0.1) is 0 Å². The molecule has 0 saturated heterocycles. The lowest BCUT2D eigenvalue weighted by Crippen LogP contribution is -2.31. The van der Waals surface area contributed by atoms with Crippen LogP contribution in [0.4, 0.5) is 10.8 Å². The van der Waals surface area contributed by atoms with E-state index in [1.807, 2.05) is 0 Å². The monoisotopic (exact) mass is 315 g/mol. The summed E-state index contributed by atoms with van der Waals surface area (Å²) in [5.41, 5.74) is 0.660. The van der Waals surface area contributed by atoms with Gasteiger partial charge < -0.3 is 10.6 Å². The molecule has 100 valence electrons. The molecule has 0 spiro atoms. The van der Waals surface area contributed by atoms with E-state index in [1.165, 1.54) is 11.3 Å². The van der Waals surface area contributed by atoms with Crippen molar-refractivity contribution in [3.8, 4) is 0 Å². The highest BCUT2D eigenvalue weighted by Gasteiger charge is 2.15. The highest BCUT2D eigenvalue weighted by atomic mass is 35.5. The van der Waals surface area contributed by atoms with Gasteiger partial charge in [-0.1, -0.05) is 23.2 Å². The van der Waals surface area contributed by atoms with E-state index in [0.29, 0.717) is 20.9 Å². The minimum atomic E-state index is -0.442. The molecule has 2 aromatic rings. The van der Waals surface area contributed by atoms with Crippen LogP contribution in [0.2, 0.25) is 10.0 Å². The van der Waals surface area contributed by atoms with E-state index in [9.17, 15) is 4.79 Å². The molecular weight excluding hydrogens is 305 g/mol. The number of nitrogens with zero attached hydrogens (tertiary/aromatic N) is 1. The zero-order valence-corrected chi connectivity index (χ0v) is 12.3. The largest absolute Gasteiger partial charge is 0.373 e. The van der Waals surface area contributed by atoms with Crippen LogP contribution in [0.1, 0.15) is 6.92 Å². The third-order valence-corrected chi connectivity index (χ3v) is 3.60. The quantitative estimate of drug-likeness (QED) is 0.900. The average Bonchev–Trinajstić information content (AvgIpc) is 2.85. The molecule has 0 saturated carbocycles. The number of hydrogen-bond acceptors (Lipinski definition) is 4. The number of benzene rings is 1. The smallest absolute Gasteiger partial charge is 0.248 e. The van der Waals surface area contributed by atoms with Crippen molar-refractivity contribution in [1.82, 2.24) is 4.98 Å². The third kappa shape index (κ3) is 3.83. The molecule has 2 rings (SSSR count). The van der Waals surface area contributed by atoms with Crippen molar-refractivity contribution < 1.29 is 4.79 Å². The first kappa shape index (κ1) is 14.1. The van der Waals surface area contributed by atoms with E-state index in [1.54, 1.807) is 36.7 Å². The molecule has 0 aliphatic rings. The summed E-state index contributed by atoms with van der Waals surface area (Å²) in [6.45, 7) is 1.74. The Hall–Kier alpha value is -1.30. The van der Waals surface area contributed by atoms with E-state index < -0.39 is 6.04 Å². The molecule has 1 aromatic carbocycles. The number of aromatic nitrogens is 1. The number of hydrogen-bond donors (Lipinski definition) is 2. The van der Waals surface area contributed by atoms with Gasteiger partial charge in [0.05, 0.1) is 10.7 Å². The molecule has 1 atom stereocenters. The highest BCUT2D eigenvalue weighted by Crippen LogP contribution is 2.26. The second-order valence-electron chi connectivity index (χ2n) is 3.82. The van der Waals surface area contributed by atoms with Crippen LogP contribution in [0.5, 0.6) is 0 Å². The lowest BCUT2D eigenvalue weighted by atomic mass is 10.2. The maximum atomic E-state index is 11.9. The van der Waals surface area contributed by atoms with Gasteiger partial charge in [0.25, 0.3) is 0 Å². The van der Waals surface area contributed by atoms with Gasteiger partial charge in [-0.05, 0) is 25.1 Å². The first-order chi connectivity index (χ1) is 9.06. The number of rotatable bonds is 4. The molecule has 2 N–H and O–H groups in total. The number of carbonyl (C=O) groups is 1. The fraction of sp³-hybridized carbons (Fsp3) is 0.167. The van der Waals surface area contributed by atoms with Crippen molar-refractivity contribution in [3.05, 3.63) is 39.8 Å². The van der Waals surface area contributed by atoms with E-state index in [-0.39, 0.29) is 5.91 Å². The van der Waals surface area contributed by atoms with Crippen molar-refractivity contribution in [2.45, 2.75) is 13.0 Å². The molecule has 0 aliphatic carbocycles. The average molecular weight is 316 g/mol. The number of amides is 1. The third-order valence-electron chi connectivity index (χ3n) is 2.36. The number of nitrogens with one attached hydrogen (secondary N) is 2. The van der Waals surface area contributed by atoms with E-state index in [2.05, 4.69) is 15.6 Å². The molecule has 4 nitrogen and oxygen atoms in total. The van der Waals surface area contributed by atoms with Crippen LogP contribution >= 0.6 is 34.5 Å². The van der Waals surface area contributed by atoms with Gasteiger partial charge in [0.2, 0.25) is 5.91 Å². The standard InChI is InChI=1S/C12H11Cl2N3OS/c1-7(11(18)17-12-15-4-5-19-12)16-10-3-2-8(13)6-9(10)14/h2-7,16H,1H3,(H,15,17,18)/t7-/m1/s1. The van der Waals surface area contributed by atoms with Gasteiger partial charge in [0.1, 0.15) is 6.04 Å². The molecule has 1 heterocycles. The van der Waals surface area contributed by atoms with Crippen molar-refractivity contribution >= 4 is 51.3 Å². The topological polar surface area (TPSA) is 54.0 Å². The second-order valence-corrected chi connectivity index (χ2v) is 5.55. The summed E-state index contributed by atoms with van der Waals surface area (Å²) in [6.07, 6.45) is 1.63. The Labute approximate surface area is 124 Å². The minimum Gasteiger partial charge on any atom is -0.373 e. The second kappa shape index (κ2) is 6.23. The summed E-state index contributed by atoms with van der Waals surface area (Å²) in [4.78, 5) is 15.9. The SMILES string of the molecule is C[C@@H](Nc1ccc(Cl)cc1Cl)C(=O)Nc1nccs1. The number of anilines is 2. The van der Waals surface area contributed by atoms with Crippen LogP contribution in [-0.2, 0) is 4.79 Å². The zero-order chi connectivity index (χ0) is 13.8. The van der Waals surface area contributed by atoms with Gasteiger partial charge in [0.15, 0.2) is 5.13 Å². The van der Waals surface area contributed by atoms with E-state index >= 15 is 0 Å². The van der Waals surface area contributed by atoms with Crippen LogP contribution in [0.3, 0.4) is 0 Å². The summed E-state index contributed by atoms with van der Waals surface area (Å²) in [6, 6.07) is 4.62. The van der Waals surface area contributed by atoms with Crippen molar-refractivity contribution in [1.29, 1.82) is 0 Å². The molecule has 0 unspecified atom stereocenters. The number of thiazole rings is 1. The van der Waals surface area contributed by atoms with Crippen molar-refractivity contribution in [2.75, 3.05) is 10.6 Å². The van der Waals surface area contributed by atoms with Gasteiger partial charge in [0, 0.05) is 16.6 Å². The van der Waals surface area contributed by atoms with Gasteiger partial charge in [-0.15, -0.1) is 11.3 Å². The molecule has 7 heteroatoms. The van der Waals surface area contributed by atoms with Gasteiger partial charge in [-0.2, -0.15) is 0 Å². The number of carbonyl (C=O) groups excluding carboxylic acids is 1. The van der Waals surface area contributed by atoms with Crippen molar-refractivity contribution in [2.24, 2.45) is 0 Å². The lowest BCUT2D eigenvalue weighted by molar-refractivity contribution is -0.116. The van der Waals surface area contributed by atoms with Crippen LogP contribution in [-0.4, -0.2) is 16.9 Å². The molecule has 0 aliphatic heterocycles. The summed E-state index contributed by atoms with van der Waals surface area (Å²) >= 11 is 13.2. The summed E-state index contributed by atoms with van der Waals surface area (Å²) < 4.78 is 0. The summed E-state index contributed by atoms with van der Waals surface area (Å²) in [5.74, 6) is -0.180. The minimum absolute atomic E-state index is 0.180. The normalized spacial score (nSPS) is 11.9. The Morgan fingerprint density at radius 1 is 1.42 bits per heavy atom. The Kier molecular flexibility index (Phi) is 4.63. The zero-order valence-electron chi connectivity index (χ0n) is 9.98. The summed E-state index contributed by atoms with van der Waals surface area (Å²) in [5, 5.41) is 9.12.